The van der Waals surface area contributed by atoms with Crippen LogP contribution in [0.2, 0.25) is 0 Å². The van der Waals surface area contributed by atoms with Gasteiger partial charge in [-0.1, -0.05) is 23.2 Å². The lowest BCUT2D eigenvalue weighted by Crippen LogP contribution is -2.33. The SMILES string of the molecule is CC(=O)C1=C[C@@H](C)[C@H](N=[N+]=[N-])[C@@H](N=[N+]=[N-])C1. The number of nitrogens with zero attached hydrogens (tertiary/aromatic N) is 6. The van der Waals surface area contributed by atoms with E-state index in [1.807, 2.05) is 6.92 Å². The Morgan fingerprint density at radius 1 is 1.44 bits per heavy atom. The van der Waals surface area contributed by atoms with Crippen molar-refractivity contribution >= 4 is 5.78 Å². The van der Waals surface area contributed by atoms with Crippen molar-refractivity contribution in [3.63, 3.8) is 0 Å². The maximum Gasteiger partial charge on any atom is 0.155 e. The van der Waals surface area contributed by atoms with Crippen LogP contribution in [-0.4, -0.2) is 17.9 Å². The van der Waals surface area contributed by atoms with Crippen LogP contribution < -0.4 is 0 Å². The van der Waals surface area contributed by atoms with Gasteiger partial charge in [0.1, 0.15) is 0 Å². The molecule has 1 rings (SSSR count). The molecule has 0 radical (unpaired) electrons. The number of ketones is 1. The molecule has 0 spiro atoms. The Balaban J connectivity index is 3.07. The fourth-order valence-electron chi connectivity index (χ4n) is 1.86. The molecule has 16 heavy (non-hydrogen) atoms. The Morgan fingerprint density at radius 3 is 2.56 bits per heavy atom. The van der Waals surface area contributed by atoms with Gasteiger partial charge in [0.2, 0.25) is 0 Å². The lowest BCUT2D eigenvalue weighted by atomic mass is 9.83. The number of Topliss-reactive ketones (excluding diaryl/α,β-unsaturated/α-hetero) is 1. The molecule has 0 unspecified atom stereocenters. The molecule has 3 atom stereocenters. The van der Waals surface area contributed by atoms with Gasteiger partial charge in [0, 0.05) is 9.82 Å². The number of hydrogen-bond acceptors (Lipinski definition) is 3. The molecule has 0 aromatic rings. The molecular weight excluding hydrogens is 208 g/mol. The van der Waals surface area contributed by atoms with E-state index in [1.165, 1.54) is 6.92 Å². The maximum absolute atomic E-state index is 11.3. The van der Waals surface area contributed by atoms with Gasteiger partial charge in [0.25, 0.3) is 0 Å². The Bertz CT molecular complexity index is 416. The second kappa shape index (κ2) is 5.21. The van der Waals surface area contributed by atoms with E-state index < -0.39 is 12.1 Å². The number of hydrogen-bond donors (Lipinski definition) is 0. The number of carbonyl (C=O) groups excluding carboxylic acids is 1. The van der Waals surface area contributed by atoms with Crippen molar-refractivity contribution in [3.8, 4) is 0 Å². The molecule has 0 N–H and O–H groups in total. The van der Waals surface area contributed by atoms with Crippen molar-refractivity contribution in [2.24, 2.45) is 16.1 Å². The minimum absolute atomic E-state index is 0.0376. The largest absolute Gasteiger partial charge is 0.295 e. The van der Waals surface area contributed by atoms with Crippen LogP contribution in [0.25, 0.3) is 20.9 Å². The van der Waals surface area contributed by atoms with E-state index in [9.17, 15) is 4.79 Å². The van der Waals surface area contributed by atoms with Crippen LogP contribution in [0.4, 0.5) is 0 Å². The van der Waals surface area contributed by atoms with E-state index in [4.69, 9.17) is 11.1 Å². The Labute approximate surface area is 92.4 Å². The molecule has 0 fully saturated rings. The van der Waals surface area contributed by atoms with Crippen LogP contribution in [0.3, 0.4) is 0 Å². The summed E-state index contributed by atoms with van der Waals surface area (Å²) < 4.78 is 0. The molecular formula is C9H12N6O. The van der Waals surface area contributed by atoms with Crippen molar-refractivity contribution in [2.45, 2.75) is 32.4 Å². The molecule has 0 amide bonds. The first-order valence-corrected chi connectivity index (χ1v) is 4.90. The van der Waals surface area contributed by atoms with E-state index in [1.54, 1.807) is 6.08 Å². The zero-order valence-electron chi connectivity index (χ0n) is 9.11. The highest BCUT2D eigenvalue weighted by atomic mass is 16.1. The monoisotopic (exact) mass is 220 g/mol. The van der Waals surface area contributed by atoms with E-state index in [2.05, 4.69) is 20.1 Å². The highest BCUT2D eigenvalue weighted by molar-refractivity contribution is 5.93. The van der Waals surface area contributed by atoms with Gasteiger partial charge in [-0.25, -0.2) is 0 Å². The number of rotatable bonds is 3. The number of azide groups is 2. The molecule has 1 aliphatic carbocycles. The Hall–Kier alpha value is -1.97. The summed E-state index contributed by atoms with van der Waals surface area (Å²) in [6.45, 7) is 3.31. The van der Waals surface area contributed by atoms with Crippen molar-refractivity contribution in [1.82, 2.24) is 0 Å². The predicted octanol–water partition coefficient (Wildman–Crippen LogP) is 2.90. The highest BCUT2D eigenvalue weighted by Gasteiger charge is 2.30. The third kappa shape index (κ3) is 2.53. The summed E-state index contributed by atoms with van der Waals surface area (Å²) in [5.74, 6) is -0.136. The first-order chi connectivity index (χ1) is 7.60. The van der Waals surface area contributed by atoms with Crippen LogP contribution in [0, 0.1) is 5.92 Å². The van der Waals surface area contributed by atoms with Gasteiger partial charge in [-0.2, -0.15) is 0 Å². The minimum Gasteiger partial charge on any atom is -0.295 e. The average molecular weight is 220 g/mol. The summed E-state index contributed by atoms with van der Waals surface area (Å²) >= 11 is 0. The van der Waals surface area contributed by atoms with Crippen LogP contribution in [0.15, 0.2) is 21.9 Å². The molecule has 7 heteroatoms. The van der Waals surface area contributed by atoms with E-state index in [0.717, 1.165) is 0 Å². The molecule has 84 valence electrons. The van der Waals surface area contributed by atoms with Crippen molar-refractivity contribution in [3.05, 3.63) is 32.5 Å². The molecule has 0 aromatic carbocycles. The van der Waals surface area contributed by atoms with Gasteiger partial charge < -0.3 is 0 Å². The topological polar surface area (TPSA) is 115 Å². The smallest absolute Gasteiger partial charge is 0.155 e. The summed E-state index contributed by atoms with van der Waals surface area (Å²) in [4.78, 5) is 16.7. The second-order valence-corrected chi connectivity index (χ2v) is 3.78. The van der Waals surface area contributed by atoms with Crippen molar-refractivity contribution < 1.29 is 4.79 Å². The molecule has 0 bridgehead atoms. The Morgan fingerprint density at radius 2 is 2.06 bits per heavy atom. The van der Waals surface area contributed by atoms with E-state index >= 15 is 0 Å². The highest BCUT2D eigenvalue weighted by Crippen LogP contribution is 2.29. The van der Waals surface area contributed by atoms with E-state index in [-0.39, 0.29) is 11.7 Å². The van der Waals surface area contributed by atoms with Crippen molar-refractivity contribution in [2.75, 3.05) is 0 Å². The first-order valence-electron chi connectivity index (χ1n) is 4.90. The van der Waals surface area contributed by atoms with Crippen molar-refractivity contribution in [1.29, 1.82) is 0 Å². The van der Waals surface area contributed by atoms with Gasteiger partial charge in [-0.3, -0.25) is 4.79 Å². The minimum atomic E-state index is -0.472. The number of carbonyl (C=O) groups is 1. The fourth-order valence-corrected chi connectivity index (χ4v) is 1.86. The van der Waals surface area contributed by atoms with Gasteiger partial charge in [0.05, 0.1) is 12.1 Å². The van der Waals surface area contributed by atoms with Crippen LogP contribution in [0.5, 0.6) is 0 Å². The third-order valence-electron chi connectivity index (χ3n) is 2.66. The zero-order valence-corrected chi connectivity index (χ0v) is 9.11. The predicted molar refractivity (Wildman–Crippen MR) is 58.4 cm³/mol. The summed E-state index contributed by atoms with van der Waals surface area (Å²) in [5, 5.41) is 7.21. The summed E-state index contributed by atoms with van der Waals surface area (Å²) in [6, 6.07) is -0.885. The van der Waals surface area contributed by atoms with Crippen LogP contribution in [-0.2, 0) is 4.79 Å². The van der Waals surface area contributed by atoms with E-state index in [0.29, 0.717) is 12.0 Å². The van der Waals surface area contributed by atoms with Crippen LogP contribution in [0.1, 0.15) is 20.3 Å². The Kier molecular flexibility index (Phi) is 3.94. The quantitative estimate of drug-likeness (QED) is 0.406. The first kappa shape index (κ1) is 12.1. The second-order valence-electron chi connectivity index (χ2n) is 3.78. The zero-order chi connectivity index (χ0) is 12.1. The molecule has 7 nitrogen and oxygen atoms in total. The molecule has 1 aliphatic rings. The lowest BCUT2D eigenvalue weighted by molar-refractivity contribution is -0.113. The maximum atomic E-state index is 11.3. The van der Waals surface area contributed by atoms with Gasteiger partial charge >= 0.3 is 0 Å². The fraction of sp³-hybridized carbons (Fsp3) is 0.667. The molecule has 0 saturated heterocycles. The standard InChI is InChI=1S/C9H12N6O/c1-5-3-7(6(2)16)4-8(12-14-10)9(5)13-15-11/h3,5,8-9H,4H2,1-2H3/t5-,8+,9+/m1/s1. The third-order valence-corrected chi connectivity index (χ3v) is 2.66. The van der Waals surface area contributed by atoms with Gasteiger partial charge in [0.15, 0.2) is 5.78 Å². The summed E-state index contributed by atoms with van der Waals surface area (Å²) in [7, 11) is 0. The normalized spacial score (nSPS) is 28.4. The molecule has 0 heterocycles. The summed E-state index contributed by atoms with van der Waals surface area (Å²) in [6.07, 6.45) is 2.12. The van der Waals surface area contributed by atoms with Gasteiger partial charge in [-0.15, -0.1) is 0 Å². The molecule has 0 aliphatic heterocycles. The molecule has 0 saturated carbocycles. The van der Waals surface area contributed by atoms with Gasteiger partial charge in [-0.05, 0) is 35.9 Å². The molecule has 0 aromatic heterocycles. The lowest BCUT2D eigenvalue weighted by Gasteiger charge is -2.28. The summed E-state index contributed by atoms with van der Waals surface area (Å²) in [5.41, 5.74) is 17.5. The van der Waals surface area contributed by atoms with Crippen LogP contribution >= 0.6 is 0 Å². The average Bonchev–Trinajstić information content (AvgIpc) is 2.23.